The quantitative estimate of drug-likeness (QED) is 0.924. The Labute approximate surface area is 115 Å². The molecular weight excluding hydrogens is 271 g/mol. The average molecular weight is 283 g/mol. The van der Waals surface area contributed by atoms with Crippen molar-refractivity contribution in [2.24, 2.45) is 0 Å². The molecule has 1 aromatic carbocycles. The molecule has 0 unspecified atom stereocenters. The Morgan fingerprint density at radius 3 is 2.67 bits per heavy atom. The lowest BCUT2D eigenvalue weighted by Gasteiger charge is -2.11. The maximum absolute atomic E-state index is 6.23. The van der Waals surface area contributed by atoms with Crippen molar-refractivity contribution in [2.45, 2.75) is 6.92 Å². The number of ether oxygens (including phenoxy) is 1. The summed E-state index contributed by atoms with van der Waals surface area (Å²) >= 11 is 12.4. The zero-order valence-corrected chi connectivity index (χ0v) is 11.3. The Bertz CT molecular complexity index is 573. The van der Waals surface area contributed by atoms with Crippen molar-refractivity contribution in [3.8, 4) is 16.9 Å². The highest BCUT2D eigenvalue weighted by atomic mass is 35.5. The van der Waals surface area contributed by atoms with E-state index in [1.807, 2.05) is 6.92 Å². The van der Waals surface area contributed by atoms with Crippen LogP contribution in [0.5, 0.6) is 5.75 Å². The highest BCUT2D eigenvalue weighted by molar-refractivity contribution is 6.36. The van der Waals surface area contributed by atoms with E-state index in [1.165, 1.54) is 0 Å². The first-order valence-corrected chi connectivity index (χ1v) is 6.20. The highest BCUT2D eigenvalue weighted by Gasteiger charge is 2.11. The number of nitrogen functional groups attached to an aromatic ring is 1. The summed E-state index contributed by atoms with van der Waals surface area (Å²) in [5.74, 6) is 0.570. The van der Waals surface area contributed by atoms with Crippen LogP contribution in [0, 0.1) is 0 Å². The molecule has 1 aromatic heterocycles. The summed E-state index contributed by atoms with van der Waals surface area (Å²) in [6.45, 7) is 2.42. The maximum Gasteiger partial charge on any atom is 0.139 e. The van der Waals surface area contributed by atoms with E-state index < -0.39 is 0 Å². The van der Waals surface area contributed by atoms with Gasteiger partial charge in [-0.15, -0.1) is 0 Å². The van der Waals surface area contributed by atoms with E-state index in [9.17, 15) is 0 Å². The van der Waals surface area contributed by atoms with Crippen molar-refractivity contribution in [1.29, 1.82) is 0 Å². The van der Waals surface area contributed by atoms with Crippen LogP contribution in [-0.2, 0) is 0 Å². The highest BCUT2D eigenvalue weighted by Crippen LogP contribution is 2.38. The van der Waals surface area contributed by atoms with Gasteiger partial charge < -0.3 is 10.5 Å². The van der Waals surface area contributed by atoms with Crippen molar-refractivity contribution in [2.75, 3.05) is 12.3 Å². The minimum Gasteiger partial charge on any atom is -0.492 e. The van der Waals surface area contributed by atoms with Crippen molar-refractivity contribution in [3.63, 3.8) is 0 Å². The van der Waals surface area contributed by atoms with Gasteiger partial charge in [0, 0.05) is 23.4 Å². The second kappa shape index (κ2) is 5.46. The molecule has 94 valence electrons. The van der Waals surface area contributed by atoms with E-state index in [0.717, 1.165) is 11.1 Å². The van der Waals surface area contributed by atoms with Gasteiger partial charge >= 0.3 is 0 Å². The number of hydrogen-bond donors (Lipinski definition) is 1. The first kappa shape index (κ1) is 13.0. The lowest BCUT2D eigenvalue weighted by molar-refractivity contribution is 0.340. The number of hydrogen-bond acceptors (Lipinski definition) is 3. The molecule has 0 saturated carbocycles. The lowest BCUT2D eigenvalue weighted by Crippen LogP contribution is -1.95. The normalized spacial score (nSPS) is 10.4. The molecule has 2 rings (SSSR count). The van der Waals surface area contributed by atoms with Gasteiger partial charge in [-0.25, -0.2) is 0 Å². The van der Waals surface area contributed by atoms with E-state index in [4.69, 9.17) is 33.7 Å². The zero-order valence-electron chi connectivity index (χ0n) is 9.78. The van der Waals surface area contributed by atoms with E-state index in [0.29, 0.717) is 28.1 Å². The molecular formula is C13H12Cl2N2O. The molecule has 0 spiro atoms. The van der Waals surface area contributed by atoms with Gasteiger partial charge in [-0.2, -0.15) is 0 Å². The molecule has 0 aliphatic rings. The number of halogens is 2. The summed E-state index contributed by atoms with van der Waals surface area (Å²) in [5, 5.41) is 1.05. The second-order valence-corrected chi connectivity index (χ2v) is 4.47. The number of nitrogens with two attached hydrogens (primary N) is 1. The smallest absolute Gasteiger partial charge is 0.139 e. The summed E-state index contributed by atoms with van der Waals surface area (Å²) in [5.41, 5.74) is 8.00. The molecule has 0 amide bonds. The molecule has 0 bridgehead atoms. The summed E-state index contributed by atoms with van der Waals surface area (Å²) in [6, 6.07) is 5.25. The molecule has 2 aromatic rings. The predicted molar refractivity (Wildman–Crippen MR) is 75.3 cm³/mol. The maximum atomic E-state index is 6.23. The van der Waals surface area contributed by atoms with Crippen LogP contribution in [0.4, 0.5) is 5.69 Å². The van der Waals surface area contributed by atoms with Gasteiger partial charge in [0.1, 0.15) is 5.75 Å². The molecule has 2 N–H and O–H groups in total. The first-order chi connectivity index (χ1) is 8.63. The fourth-order valence-electron chi connectivity index (χ4n) is 1.65. The largest absolute Gasteiger partial charge is 0.492 e. The number of rotatable bonds is 3. The van der Waals surface area contributed by atoms with Crippen LogP contribution in [0.25, 0.3) is 11.1 Å². The van der Waals surface area contributed by atoms with Crippen LogP contribution in [-0.4, -0.2) is 11.6 Å². The Hall–Kier alpha value is -1.45. The molecule has 0 fully saturated rings. The minimum absolute atomic E-state index is 0.507. The average Bonchev–Trinajstić information content (AvgIpc) is 2.35. The topological polar surface area (TPSA) is 48.1 Å². The van der Waals surface area contributed by atoms with E-state index in [1.54, 1.807) is 30.6 Å². The SMILES string of the molecule is CCOc1cc(Cl)c(-c2ccncc2N)cc1Cl. The zero-order chi connectivity index (χ0) is 13.1. The van der Waals surface area contributed by atoms with Gasteiger partial charge in [0.05, 0.1) is 28.5 Å². The summed E-state index contributed by atoms with van der Waals surface area (Å²) < 4.78 is 5.38. The van der Waals surface area contributed by atoms with Gasteiger partial charge in [-0.3, -0.25) is 4.98 Å². The third-order valence-electron chi connectivity index (χ3n) is 2.46. The molecule has 5 heteroatoms. The number of pyridine rings is 1. The standard InChI is InChI=1S/C13H12Cl2N2O/c1-2-18-13-6-10(14)9(5-11(13)15)8-3-4-17-7-12(8)16/h3-7H,2,16H2,1H3. The van der Waals surface area contributed by atoms with Gasteiger partial charge in [-0.1, -0.05) is 23.2 Å². The summed E-state index contributed by atoms with van der Waals surface area (Å²) in [7, 11) is 0. The van der Waals surface area contributed by atoms with Crippen LogP contribution < -0.4 is 10.5 Å². The molecule has 0 aliphatic carbocycles. The fraction of sp³-hybridized carbons (Fsp3) is 0.154. The second-order valence-electron chi connectivity index (χ2n) is 3.66. The fourth-order valence-corrected chi connectivity index (χ4v) is 2.13. The third-order valence-corrected chi connectivity index (χ3v) is 3.07. The number of benzene rings is 1. The minimum atomic E-state index is 0.507. The van der Waals surface area contributed by atoms with Crippen LogP contribution in [0.15, 0.2) is 30.6 Å². The number of aromatic nitrogens is 1. The van der Waals surface area contributed by atoms with Gasteiger partial charge in [0.25, 0.3) is 0 Å². The predicted octanol–water partition coefficient (Wildman–Crippen LogP) is 4.04. The Kier molecular flexibility index (Phi) is 3.94. The third kappa shape index (κ3) is 2.52. The van der Waals surface area contributed by atoms with Gasteiger partial charge in [-0.05, 0) is 19.1 Å². The van der Waals surface area contributed by atoms with Gasteiger partial charge in [0.15, 0.2) is 0 Å². The molecule has 1 heterocycles. The first-order valence-electron chi connectivity index (χ1n) is 5.45. The molecule has 0 aliphatic heterocycles. The van der Waals surface area contributed by atoms with Crippen LogP contribution in [0.1, 0.15) is 6.92 Å². The molecule has 3 nitrogen and oxygen atoms in total. The van der Waals surface area contributed by atoms with Crippen LogP contribution in [0.2, 0.25) is 10.0 Å². The van der Waals surface area contributed by atoms with Crippen LogP contribution >= 0.6 is 23.2 Å². The Balaban J connectivity index is 2.53. The lowest BCUT2D eigenvalue weighted by atomic mass is 10.1. The van der Waals surface area contributed by atoms with E-state index in [2.05, 4.69) is 4.98 Å². The molecule has 0 radical (unpaired) electrons. The Morgan fingerprint density at radius 1 is 1.22 bits per heavy atom. The van der Waals surface area contributed by atoms with Crippen molar-refractivity contribution in [3.05, 3.63) is 40.6 Å². The monoisotopic (exact) mass is 282 g/mol. The summed E-state index contributed by atoms with van der Waals surface area (Å²) in [4.78, 5) is 3.94. The Morgan fingerprint density at radius 2 is 2.00 bits per heavy atom. The van der Waals surface area contributed by atoms with Crippen molar-refractivity contribution < 1.29 is 4.74 Å². The number of anilines is 1. The number of nitrogens with zero attached hydrogens (tertiary/aromatic N) is 1. The van der Waals surface area contributed by atoms with Gasteiger partial charge in [0.2, 0.25) is 0 Å². The summed E-state index contributed by atoms with van der Waals surface area (Å²) in [6.07, 6.45) is 3.24. The van der Waals surface area contributed by atoms with Crippen molar-refractivity contribution in [1.82, 2.24) is 4.98 Å². The molecule has 18 heavy (non-hydrogen) atoms. The van der Waals surface area contributed by atoms with E-state index >= 15 is 0 Å². The molecule has 0 saturated heterocycles. The van der Waals surface area contributed by atoms with Crippen LogP contribution in [0.3, 0.4) is 0 Å². The van der Waals surface area contributed by atoms with Crippen molar-refractivity contribution >= 4 is 28.9 Å². The van der Waals surface area contributed by atoms with E-state index in [-0.39, 0.29) is 0 Å². The molecule has 0 atom stereocenters.